The number of halogens is 1. The van der Waals surface area contributed by atoms with Gasteiger partial charge in [-0.2, -0.15) is 0 Å². The van der Waals surface area contributed by atoms with Gasteiger partial charge in [0.15, 0.2) is 5.82 Å². The Kier molecular flexibility index (Phi) is 3.10. The largest absolute Gasteiger partial charge is 0.397 e. The molecule has 0 unspecified atom stereocenters. The van der Waals surface area contributed by atoms with Crippen molar-refractivity contribution in [1.82, 2.24) is 14.5 Å². The van der Waals surface area contributed by atoms with Crippen LogP contribution >= 0.6 is 11.6 Å². The average molecular weight is 287 g/mol. The van der Waals surface area contributed by atoms with Gasteiger partial charge in [0, 0.05) is 11.1 Å². The summed E-state index contributed by atoms with van der Waals surface area (Å²) < 4.78 is 2.16. The van der Waals surface area contributed by atoms with Crippen LogP contribution in [0.2, 0.25) is 5.02 Å². The number of pyridine rings is 1. The standard InChI is InChI=1S/C15H15ClN4/c1-9(2)20-14-6-3-10(16)7-13(14)19-15(20)12-5-4-11(17)8-18-12/h3-9H,17H2,1-2H3. The first kappa shape index (κ1) is 12.9. The van der Waals surface area contributed by atoms with Crippen LogP contribution in [0.3, 0.4) is 0 Å². The number of nitrogens with two attached hydrogens (primary N) is 1. The summed E-state index contributed by atoms with van der Waals surface area (Å²) in [5.41, 5.74) is 9.07. The van der Waals surface area contributed by atoms with Crippen LogP contribution in [0.4, 0.5) is 5.69 Å². The Morgan fingerprint density at radius 1 is 1.20 bits per heavy atom. The van der Waals surface area contributed by atoms with Crippen LogP contribution in [0.25, 0.3) is 22.6 Å². The van der Waals surface area contributed by atoms with Gasteiger partial charge in [0.1, 0.15) is 5.69 Å². The summed E-state index contributed by atoms with van der Waals surface area (Å²) in [5.74, 6) is 0.831. The zero-order valence-electron chi connectivity index (χ0n) is 11.3. The summed E-state index contributed by atoms with van der Waals surface area (Å²) in [7, 11) is 0. The van der Waals surface area contributed by atoms with Crippen molar-refractivity contribution in [3.8, 4) is 11.5 Å². The first-order chi connectivity index (χ1) is 9.56. The molecular weight excluding hydrogens is 272 g/mol. The highest BCUT2D eigenvalue weighted by atomic mass is 35.5. The molecule has 4 nitrogen and oxygen atoms in total. The van der Waals surface area contributed by atoms with Gasteiger partial charge in [-0.05, 0) is 44.2 Å². The molecule has 0 spiro atoms. The van der Waals surface area contributed by atoms with Gasteiger partial charge in [0.25, 0.3) is 0 Å². The molecule has 0 aliphatic rings. The van der Waals surface area contributed by atoms with E-state index in [-0.39, 0.29) is 6.04 Å². The van der Waals surface area contributed by atoms with Gasteiger partial charge in [-0.1, -0.05) is 11.6 Å². The number of fused-ring (bicyclic) bond motifs is 1. The summed E-state index contributed by atoms with van der Waals surface area (Å²) in [5, 5.41) is 0.683. The number of hydrogen-bond acceptors (Lipinski definition) is 3. The summed E-state index contributed by atoms with van der Waals surface area (Å²) in [4.78, 5) is 9.04. The minimum absolute atomic E-state index is 0.274. The lowest BCUT2D eigenvalue weighted by Gasteiger charge is -2.12. The molecule has 3 aromatic rings. The number of rotatable bonds is 2. The van der Waals surface area contributed by atoms with Crippen LogP contribution in [0, 0.1) is 0 Å². The van der Waals surface area contributed by atoms with E-state index in [1.165, 1.54) is 0 Å². The van der Waals surface area contributed by atoms with Crippen LogP contribution in [-0.2, 0) is 0 Å². The maximum absolute atomic E-state index is 6.05. The molecule has 0 radical (unpaired) electrons. The Labute approximate surface area is 122 Å². The lowest BCUT2D eigenvalue weighted by Crippen LogP contribution is -2.04. The Bertz CT molecular complexity index is 759. The molecule has 0 fully saturated rings. The van der Waals surface area contributed by atoms with Gasteiger partial charge < -0.3 is 10.3 Å². The number of nitrogens with zero attached hydrogens (tertiary/aromatic N) is 3. The molecule has 0 saturated heterocycles. The lowest BCUT2D eigenvalue weighted by molar-refractivity contribution is 0.623. The van der Waals surface area contributed by atoms with Gasteiger partial charge in [-0.15, -0.1) is 0 Å². The topological polar surface area (TPSA) is 56.7 Å². The molecule has 1 aromatic carbocycles. The van der Waals surface area contributed by atoms with Crippen molar-refractivity contribution in [3.05, 3.63) is 41.6 Å². The van der Waals surface area contributed by atoms with E-state index < -0.39 is 0 Å². The Morgan fingerprint density at radius 2 is 2.00 bits per heavy atom. The smallest absolute Gasteiger partial charge is 0.160 e. The maximum atomic E-state index is 6.05. The zero-order valence-corrected chi connectivity index (χ0v) is 12.1. The molecule has 20 heavy (non-hydrogen) atoms. The number of benzene rings is 1. The van der Waals surface area contributed by atoms with Crippen molar-refractivity contribution in [2.75, 3.05) is 5.73 Å². The van der Waals surface area contributed by atoms with E-state index in [2.05, 4.69) is 28.4 Å². The molecule has 0 aliphatic heterocycles. The molecular formula is C15H15ClN4. The molecule has 0 saturated carbocycles. The van der Waals surface area contributed by atoms with E-state index in [4.69, 9.17) is 17.3 Å². The predicted octanol–water partition coefficient (Wildman–Crippen LogP) is 3.91. The lowest BCUT2D eigenvalue weighted by atomic mass is 10.2. The first-order valence-electron chi connectivity index (χ1n) is 6.45. The third kappa shape index (κ3) is 2.12. The van der Waals surface area contributed by atoms with Crippen LogP contribution in [0.5, 0.6) is 0 Å². The second kappa shape index (κ2) is 4.80. The van der Waals surface area contributed by atoms with Crippen molar-refractivity contribution in [2.24, 2.45) is 0 Å². The van der Waals surface area contributed by atoms with Crippen molar-refractivity contribution >= 4 is 28.3 Å². The van der Waals surface area contributed by atoms with Crippen molar-refractivity contribution < 1.29 is 0 Å². The second-order valence-electron chi connectivity index (χ2n) is 5.01. The van der Waals surface area contributed by atoms with Crippen LogP contribution in [0.1, 0.15) is 19.9 Å². The highest BCUT2D eigenvalue weighted by Crippen LogP contribution is 2.29. The number of anilines is 1. The van der Waals surface area contributed by atoms with E-state index in [0.717, 1.165) is 22.6 Å². The number of nitrogen functional groups attached to an aromatic ring is 1. The average Bonchev–Trinajstić information content (AvgIpc) is 2.77. The molecule has 0 bridgehead atoms. The normalized spacial score (nSPS) is 11.4. The zero-order chi connectivity index (χ0) is 14.3. The Hall–Kier alpha value is -2.07. The fraction of sp³-hybridized carbons (Fsp3) is 0.200. The quantitative estimate of drug-likeness (QED) is 0.777. The van der Waals surface area contributed by atoms with Crippen LogP contribution < -0.4 is 5.73 Å². The summed E-state index contributed by atoms with van der Waals surface area (Å²) in [6.45, 7) is 4.24. The van der Waals surface area contributed by atoms with Crippen molar-refractivity contribution in [1.29, 1.82) is 0 Å². The molecule has 5 heteroatoms. The first-order valence-corrected chi connectivity index (χ1v) is 6.83. The van der Waals surface area contributed by atoms with Crippen molar-refractivity contribution in [3.63, 3.8) is 0 Å². The highest BCUT2D eigenvalue weighted by molar-refractivity contribution is 6.31. The molecule has 102 valence electrons. The number of aromatic nitrogens is 3. The van der Waals surface area contributed by atoms with Gasteiger partial charge in [-0.25, -0.2) is 4.98 Å². The van der Waals surface area contributed by atoms with E-state index in [0.29, 0.717) is 10.7 Å². The van der Waals surface area contributed by atoms with Crippen LogP contribution in [0.15, 0.2) is 36.5 Å². The third-order valence-electron chi connectivity index (χ3n) is 3.18. The minimum atomic E-state index is 0.274. The van der Waals surface area contributed by atoms with Crippen LogP contribution in [-0.4, -0.2) is 14.5 Å². The monoisotopic (exact) mass is 286 g/mol. The van der Waals surface area contributed by atoms with E-state index in [9.17, 15) is 0 Å². The molecule has 0 aliphatic carbocycles. The minimum Gasteiger partial charge on any atom is -0.397 e. The molecule has 0 amide bonds. The van der Waals surface area contributed by atoms with Gasteiger partial charge in [-0.3, -0.25) is 4.98 Å². The molecule has 3 rings (SSSR count). The van der Waals surface area contributed by atoms with E-state index in [1.54, 1.807) is 6.20 Å². The summed E-state index contributed by atoms with van der Waals surface area (Å²) in [6.07, 6.45) is 1.65. The maximum Gasteiger partial charge on any atom is 0.160 e. The predicted molar refractivity (Wildman–Crippen MR) is 82.8 cm³/mol. The molecule has 2 aromatic heterocycles. The van der Waals surface area contributed by atoms with Gasteiger partial charge in [0.2, 0.25) is 0 Å². The Morgan fingerprint density at radius 3 is 2.65 bits per heavy atom. The molecule has 2 heterocycles. The Balaban J connectivity index is 2.28. The van der Waals surface area contributed by atoms with Crippen molar-refractivity contribution in [2.45, 2.75) is 19.9 Å². The third-order valence-corrected chi connectivity index (χ3v) is 3.42. The van der Waals surface area contributed by atoms with Gasteiger partial charge >= 0.3 is 0 Å². The molecule has 2 N–H and O–H groups in total. The number of imidazole rings is 1. The van der Waals surface area contributed by atoms with Gasteiger partial charge in [0.05, 0.1) is 22.9 Å². The SMILES string of the molecule is CC(C)n1c(-c2ccc(N)cn2)nc2cc(Cl)ccc21. The fourth-order valence-electron chi connectivity index (χ4n) is 2.31. The summed E-state index contributed by atoms with van der Waals surface area (Å²) >= 11 is 6.05. The fourth-order valence-corrected chi connectivity index (χ4v) is 2.48. The highest BCUT2D eigenvalue weighted by Gasteiger charge is 2.15. The van der Waals surface area contributed by atoms with E-state index >= 15 is 0 Å². The summed E-state index contributed by atoms with van der Waals surface area (Å²) in [6, 6.07) is 9.73. The van der Waals surface area contributed by atoms with E-state index in [1.807, 2.05) is 30.3 Å². The molecule has 0 atom stereocenters. The second-order valence-corrected chi connectivity index (χ2v) is 5.45. The number of hydrogen-bond donors (Lipinski definition) is 1.